The molecule has 132 valence electrons. The number of hydrogen-bond donors (Lipinski definition) is 0. The van der Waals surface area contributed by atoms with Crippen molar-refractivity contribution in [3.05, 3.63) is 65.7 Å². The highest BCUT2D eigenvalue weighted by molar-refractivity contribution is 5.59. The van der Waals surface area contributed by atoms with Crippen LogP contribution in [0.4, 0.5) is 10.2 Å². The van der Waals surface area contributed by atoms with Crippen molar-refractivity contribution in [2.24, 2.45) is 7.05 Å². The topological polar surface area (TPSA) is 57.7 Å². The van der Waals surface area contributed by atoms with Crippen molar-refractivity contribution in [2.45, 2.75) is 12.8 Å². The maximum atomic E-state index is 13.1. The monoisotopic (exact) mass is 349 g/mol. The third kappa shape index (κ3) is 3.89. The molecule has 0 aliphatic rings. The Hall–Kier alpha value is -3.20. The molecule has 6 heteroatoms. The van der Waals surface area contributed by atoms with Crippen LogP contribution in [0.15, 0.2) is 48.7 Å². The zero-order valence-electron chi connectivity index (χ0n) is 14.9. The molecule has 0 saturated carbocycles. The number of aryl methyl sites for hydroxylation is 2. The van der Waals surface area contributed by atoms with Crippen LogP contribution in [0.25, 0.3) is 11.3 Å². The Labute approximate surface area is 152 Å². The van der Waals surface area contributed by atoms with E-state index in [1.165, 1.54) is 12.1 Å². The molecule has 0 radical (unpaired) electrons. The summed E-state index contributed by atoms with van der Waals surface area (Å²) in [5.41, 5.74) is 3.47. The second-order valence-electron chi connectivity index (χ2n) is 6.16. The average Bonchev–Trinajstić information content (AvgIpc) is 3.02. The first-order valence-corrected chi connectivity index (χ1v) is 8.43. The SMILES string of the molecule is CN(CCCc1cc(-c2ccc(F)cc2)n(C)n1)c1ncccc1C#N. The van der Waals surface area contributed by atoms with E-state index in [1.807, 2.05) is 29.7 Å². The van der Waals surface area contributed by atoms with Crippen molar-refractivity contribution < 1.29 is 4.39 Å². The summed E-state index contributed by atoms with van der Waals surface area (Å²) in [6.07, 6.45) is 3.40. The van der Waals surface area contributed by atoms with Crippen LogP contribution in [0.1, 0.15) is 17.7 Å². The van der Waals surface area contributed by atoms with Gasteiger partial charge in [0.15, 0.2) is 0 Å². The van der Waals surface area contributed by atoms with E-state index in [2.05, 4.69) is 16.2 Å². The van der Waals surface area contributed by atoms with Crippen LogP contribution in [-0.2, 0) is 13.5 Å². The normalized spacial score (nSPS) is 10.5. The number of pyridine rings is 1. The third-order valence-corrected chi connectivity index (χ3v) is 4.27. The fourth-order valence-corrected chi connectivity index (χ4v) is 2.93. The van der Waals surface area contributed by atoms with Gasteiger partial charge < -0.3 is 4.90 Å². The van der Waals surface area contributed by atoms with E-state index in [9.17, 15) is 9.65 Å². The van der Waals surface area contributed by atoms with E-state index < -0.39 is 0 Å². The summed E-state index contributed by atoms with van der Waals surface area (Å²) in [6.45, 7) is 0.772. The van der Waals surface area contributed by atoms with E-state index in [0.29, 0.717) is 11.4 Å². The molecule has 0 spiro atoms. The van der Waals surface area contributed by atoms with E-state index in [4.69, 9.17) is 0 Å². The summed E-state index contributed by atoms with van der Waals surface area (Å²) >= 11 is 0. The Bertz CT molecular complexity index is 924. The molecule has 2 heterocycles. The van der Waals surface area contributed by atoms with Gasteiger partial charge in [-0.2, -0.15) is 10.4 Å². The largest absolute Gasteiger partial charge is 0.359 e. The predicted octanol–water partition coefficient (Wildman–Crippen LogP) is 3.56. The van der Waals surface area contributed by atoms with Crippen molar-refractivity contribution >= 4 is 5.82 Å². The standard InChI is InChI=1S/C20H20FN5/c1-25(20-16(14-22)5-3-11-23-20)12-4-6-18-13-19(26(2)24-18)15-7-9-17(21)10-8-15/h3,5,7-11,13H,4,6,12H2,1-2H3. The highest BCUT2D eigenvalue weighted by Crippen LogP contribution is 2.21. The van der Waals surface area contributed by atoms with Crippen molar-refractivity contribution in [1.29, 1.82) is 5.26 Å². The third-order valence-electron chi connectivity index (χ3n) is 4.27. The molecular weight excluding hydrogens is 329 g/mol. The van der Waals surface area contributed by atoms with Crippen molar-refractivity contribution in [3.63, 3.8) is 0 Å². The molecule has 5 nitrogen and oxygen atoms in total. The maximum absolute atomic E-state index is 13.1. The Morgan fingerprint density at radius 3 is 2.73 bits per heavy atom. The molecule has 0 unspecified atom stereocenters. The molecule has 0 amide bonds. The van der Waals surface area contributed by atoms with Crippen LogP contribution < -0.4 is 4.90 Å². The molecule has 2 aromatic heterocycles. The zero-order valence-corrected chi connectivity index (χ0v) is 14.9. The molecular formula is C20H20FN5. The van der Waals surface area contributed by atoms with Crippen LogP contribution in [0, 0.1) is 17.1 Å². The van der Waals surface area contributed by atoms with Gasteiger partial charge in [-0.3, -0.25) is 4.68 Å². The van der Waals surface area contributed by atoms with Crippen LogP contribution in [0.5, 0.6) is 0 Å². The van der Waals surface area contributed by atoms with Crippen LogP contribution in [0.3, 0.4) is 0 Å². The molecule has 0 aliphatic carbocycles. The lowest BCUT2D eigenvalue weighted by atomic mass is 10.1. The summed E-state index contributed by atoms with van der Waals surface area (Å²) in [4.78, 5) is 6.28. The molecule has 1 aromatic carbocycles. The molecule has 0 saturated heterocycles. The van der Waals surface area contributed by atoms with Crippen LogP contribution in [0.2, 0.25) is 0 Å². The minimum absolute atomic E-state index is 0.245. The Morgan fingerprint density at radius 2 is 2.00 bits per heavy atom. The molecule has 3 rings (SSSR count). The second-order valence-corrected chi connectivity index (χ2v) is 6.16. The zero-order chi connectivity index (χ0) is 18.5. The lowest BCUT2D eigenvalue weighted by molar-refractivity contribution is 0.628. The molecule has 26 heavy (non-hydrogen) atoms. The average molecular weight is 349 g/mol. The maximum Gasteiger partial charge on any atom is 0.146 e. The first-order chi connectivity index (χ1) is 12.6. The number of anilines is 1. The Morgan fingerprint density at radius 1 is 1.23 bits per heavy atom. The summed E-state index contributed by atoms with van der Waals surface area (Å²) in [7, 11) is 3.83. The fraction of sp³-hybridized carbons (Fsp3) is 0.250. The number of hydrogen-bond acceptors (Lipinski definition) is 4. The fourth-order valence-electron chi connectivity index (χ4n) is 2.93. The van der Waals surface area contributed by atoms with Gasteiger partial charge >= 0.3 is 0 Å². The minimum Gasteiger partial charge on any atom is -0.359 e. The number of halogens is 1. The first-order valence-electron chi connectivity index (χ1n) is 8.43. The highest BCUT2D eigenvalue weighted by Gasteiger charge is 2.10. The summed E-state index contributed by atoms with van der Waals surface area (Å²) < 4.78 is 14.9. The van der Waals surface area contributed by atoms with Crippen LogP contribution in [-0.4, -0.2) is 28.4 Å². The van der Waals surface area contributed by atoms with E-state index in [1.54, 1.807) is 30.5 Å². The van der Waals surface area contributed by atoms with Gasteiger partial charge in [-0.25, -0.2) is 9.37 Å². The summed E-state index contributed by atoms with van der Waals surface area (Å²) in [5.74, 6) is 0.452. The Balaban J connectivity index is 1.63. The van der Waals surface area contributed by atoms with Gasteiger partial charge in [0.05, 0.1) is 17.0 Å². The molecule has 0 aliphatic heterocycles. The molecule has 3 aromatic rings. The number of aromatic nitrogens is 3. The van der Waals surface area contributed by atoms with Gasteiger partial charge in [0, 0.05) is 26.8 Å². The van der Waals surface area contributed by atoms with Gasteiger partial charge in [-0.15, -0.1) is 0 Å². The van der Waals surface area contributed by atoms with Crippen molar-refractivity contribution in [1.82, 2.24) is 14.8 Å². The number of rotatable bonds is 6. The molecule has 0 bridgehead atoms. The highest BCUT2D eigenvalue weighted by atomic mass is 19.1. The van der Waals surface area contributed by atoms with E-state index in [0.717, 1.165) is 36.3 Å². The quantitative estimate of drug-likeness (QED) is 0.683. The van der Waals surface area contributed by atoms with Gasteiger partial charge in [0.25, 0.3) is 0 Å². The second kappa shape index (κ2) is 7.79. The van der Waals surface area contributed by atoms with Gasteiger partial charge in [0.1, 0.15) is 17.7 Å². The number of nitrogens with zero attached hydrogens (tertiary/aromatic N) is 5. The molecule has 0 fully saturated rings. The number of nitriles is 1. The van der Waals surface area contributed by atoms with E-state index >= 15 is 0 Å². The predicted molar refractivity (Wildman–Crippen MR) is 99.1 cm³/mol. The number of benzene rings is 1. The van der Waals surface area contributed by atoms with Gasteiger partial charge in [0.2, 0.25) is 0 Å². The van der Waals surface area contributed by atoms with Gasteiger partial charge in [-0.05, 0) is 60.9 Å². The van der Waals surface area contributed by atoms with Crippen molar-refractivity contribution in [3.8, 4) is 17.3 Å². The lowest BCUT2D eigenvalue weighted by Gasteiger charge is -2.18. The van der Waals surface area contributed by atoms with Crippen LogP contribution >= 0.6 is 0 Å². The molecule has 0 atom stereocenters. The Kier molecular flexibility index (Phi) is 5.28. The minimum atomic E-state index is -0.245. The first kappa shape index (κ1) is 17.6. The summed E-state index contributed by atoms with van der Waals surface area (Å²) in [6, 6.07) is 14.2. The summed E-state index contributed by atoms with van der Waals surface area (Å²) in [5, 5.41) is 13.7. The smallest absolute Gasteiger partial charge is 0.146 e. The van der Waals surface area contributed by atoms with E-state index in [-0.39, 0.29) is 5.82 Å². The lowest BCUT2D eigenvalue weighted by Crippen LogP contribution is -2.21. The molecule has 0 N–H and O–H groups in total. The van der Waals surface area contributed by atoms with Gasteiger partial charge in [-0.1, -0.05) is 0 Å². The van der Waals surface area contributed by atoms with Crippen molar-refractivity contribution in [2.75, 3.05) is 18.5 Å².